The fraction of sp³-hybridized carbons (Fsp3) is 0.292. The number of nitrogens with one attached hydrogen (secondary N) is 1. The van der Waals surface area contributed by atoms with Crippen molar-refractivity contribution in [2.45, 2.75) is 45.6 Å². The van der Waals surface area contributed by atoms with Gasteiger partial charge in [0, 0.05) is 18.2 Å². The molecule has 0 saturated heterocycles. The van der Waals surface area contributed by atoms with E-state index >= 15 is 0 Å². The molecule has 1 aliphatic carbocycles. The molecule has 1 aromatic carbocycles. The van der Waals surface area contributed by atoms with E-state index in [0.717, 1.165) is 18.5 Å². The zero-order chi connectivity index (χ0) is 24.0. The number of hydrogen-bond acceptors (Lipinski definition) is 5. The summed E-state index contributed by atoms with van der Waals surface area (Å²) in [7, 11) is 0. The SMILES string of the molecule is [2H]c1c(C(=O)Nc2cccc(-c3nncn3C(C)C)n2)c(F)cc(C)c1-n1cnc(C2CC2)c1. The Morgan fingerprint density at radius 1 is 1.30 bits per heavy atom. The van der Waals surface area contributed by atoms with Crippen LogP contribution in [0.1, 0.15) is 61.6 Å². The lowest BCUT2D eigenvalue weighted by molar-refractivity contribution is 0.102. The molecule has 8 nitrogen and oxygen atoms in total. The second-order valence-electron chi connectivity index (χ2n) is 8.52. The van der Waals surface area contributed by atoms with Gasteiger partial charge in [0.1, 0.15) is 23.7 Å². The van der Waals surface area contributed by atoms with Gasteiger partial charge in [-0.25, -0.2) is 14.4 Å². The average molecular weight is 447 g/mol. The van der Waals surface area contributed by atoms with Crippen molar-refractivity contribution < 1.29 is 10.6 Å². The van der Waals surface area contributed by atoms with Crippen molar-refractivity contribution in [3.63, 3.8) is 0 Å². The van der Waals surface area contributed by atoms with Gasteiger partial charge in [-0.3, -0.25) is 4.79 Å². The Kier molecular flexibility index (Phi) is 4.93. The molecule has 5 rings (SSSR count). The van der Waals surface area contributed by atoms with E-state index in [1.807, 2.05) is 24.6 Å². The van der Waals surface area contributed by atoms with Crippen molar-refractivity contribution in [2.24, 2.45) is 0 Å². The number of aromatic nitrogens is 6. The highest BCUT2D eigenvalue weighted by Crippen LogP contribution is 2.39. The maximum absolute atomic E-state index is 14.9. The third-order valence-electron chi connectivity index (χ3n) is 5.63. The number of carbonyl (C=O) groups is 1. The maximum Gasteiger partial charge on any atom is 0.259 e. The number of halogens is 1. The van der Waals surface area contributed by atoms with Gasteiger partial charge in [-0.2, -0.15) is 0 Å². The quantitative estimate of drug-likeness (QED) is 0.464. The molecule has 1 N–H and O–H groups in total. The number of imidazole rings is 1. The van der Waals surface area contributed by atoms with Gasteiger partial charge in [0.05, 0.1) is 24.6 Å². The average Bonchev–Trinajstić information content (AvgIpc) is 3.30. The number of aryl methyl sites for hydroxylation is 1. The standard InChI is InChI=1S/C24H24FN7O/c1-14(2)32-13-27-30-23(32)19-5-4-6-22(28-19)29-24(33)17-10-21(15(3)9-18(17)25)31-11-20(26-12-31)16-7-8-16/h4-6,9-14,16H,7-8H2,1-3H3,(H,28,29,33)/i10D. The number of rotatable bonds is 6. The molecule has 0 unspecified atom stereocenters. The van der Waals surface area contributed by atoms with Crippen LogP contribution in [0, 0.1) is 12.7 Å². The summed E-state index contributed by atoms with van der Waals surface area (Å²) < 4.78 is 27.1. The van der Waals surface area contributed by atoms with Crippen molar-refractivity contribution in [3.8, 4) is 17.2 Å². The zero-order valence-electron chi connectivity index (χ0n) is 19.6. The highest BCUT2D eigenvalue weighted by atomic mass is 19.1. The second kappa shape index (κ2) is 8.23. The van der Waals surface area contributed by atoms with E-state index in [4.69, 9.17) is 1.37 Å². The van der Waals surface area contributed by atoms with Gasteiger partial charge in [-0.15, -0.1) is 10.2 Å². The highest BCUT2D eigenvalue weighted by molar-refractivity contribution is 6.04. The normalized spacial score (nSPS) is 13.9. The number of carbonyl (C=O) groups excluding carboxylic acids is 1. The minimum absolute atomic E-state index is 0.125. The number of nitrogens with zero attached hydrogens (tertiary/aromatic N) is 6. The van der Waals surface area contributed by atoms with Gasteiger partial charge in [0.2, 0.25) is 0 Å². The van der Waals surface area contributed by atoms with Crippen LogP contribution >= 0.6 is 0 Å². The molecular weight excluding hydrogens is 421 g/mol. The van der Waals surface area contributed by atoms with Crippen molar-refractivity contribution >= 4 is 11.7 Å². The lowest BCUT2D eigenvalue weighted by atomic mass is 10.1. The first-order chi connectivity index (χ1) is 16.3. The van der Waals surface area contributed by atoms with E-state index in [-0.39, 0.29) is 23.5 Å². The van der Waals surface area contributed by atoms with E-state index in [0.29, 0.717) is 28.7 Å². The molecule has 0 bridgehead atoms. The summed E-state index contributed by atoms with van der Waals surface area (Å²) in [4.78, 5) is 22.0. The van der Waals surface area contributed by atoms with Crippen LogP contribution in [0.2, 0.25) is 0 Å². The number of hydrogen-bond donors (Lipinski definition) is 1. The predicted octanol–water partition coefficient (Wildman–Crippen LogP) is 4.68. The Morgan fingerprint density at radius 2 is 2.12 bits per heavy atom. The molecule has 9 heteroatoms. The first-order valence-electron chi connectivity index (χ1n) is 11.4. The maximum atomic E-state index is 14.9. The third-order valence-corrected chi connectivity index (χ3v) is 5.63. The van der Waals surface area contributed by atoms with Crippen molar-refractivity contribution in [2.75, 3.05) is 5.32 Å². The summed E-state index contributed by atoms with van der Waals surface area (Å²) in [6, 6.07) is 6.28. The molecule has 3 heterocycles. The molecule has 168 valence electrons. The van der Waals surface area contributed by atoms with E-state index in [1.54, 1.807) is 42.3 Å². The Labute approximate surface area is 191 Å². The topological polar surface area (TPSA) is 90.5 Å². The van der Waals surface area contributed by atoms with Crippen LogP contribution in [-0.4, -0.2) is 35.2 Å². The lowest BCUT2D eigenvalue weighted by Gasteiger charge is -2.12. The summed E-state index contributed by atoms with van der Waals surface area (Å²) in [5, 5.41) is 10.7. The highest BCUT2D eigenvalue weighted by Gasteiger charge is 2.26. The second-order valence-corrected chi connectivity index (χ2v) is 8.52. The van der Waals surface area contributed by atoms with Crippen LogP contribution in [0.4, 0.5) is 10.2 Å². The van der Waals surface area contributed by atoms with E-state index < -0.39 is 11.7 Å². The summed E-state index contributed by atoms with van der Waals surface area (Å²) >= 11 is 0. The first-order valence-corrected chi connectivity index (χ1v) is 10.9. The number of benzene rings is 1. The molecular formula is C24H24FN7O. The van der Waals surface area contributed by atoms with E-state index in [1.165, 1.54) is 6.07 Å². The predicted molar refractivity (Wildman–Crippen MR) is 122 cm³/mol. The number of pyridine rings is 1. The summed E-state index contributed by atoms with van der Waals surface area (Å²) in [5.41, 5.74) is 2.10. The van der Waals surface area contributed by atoms with E-state index in [2.05, 4.69) is 25.5 Å². The number of amides is 1. The molecule has 33 heavy (non-hydrogen) atoms. The molecule has 1 aliphatic rings. The fourth-order valence-corrected chi connectivity index (χ4v) is 3.70. The van der Waals surface area contributed by atoms with Gasteiger partial charge < -0.3 is 14.5 Å². The minimum Gasteiger partial charge on any atom is -0.310 e. The van der Waals surface area contributed by atoms with Crippen molar-refractivity contribution in [3.05, 3.63) is 71.8 Å². The van der Waals surface area contributed by atoms with Crippen LogP contribution in [0.15, 0.2) is 49.2 Å². The van der Waals surface area contributed by atoms with Crippen LogP contribution in [0.5, 0.6) is 0 Å². The van der Waals surface area contributed by atoms with Gasteiger partial charge in [0.15, 0.2) is 5.82 Å². The summed E-state index contributed by atoms with van der Waals surface area (Å²) in [6.07, 6.45) is 7.28. The molecule has 0 radical (unpaired) electrons. The van der Waals surface area contributed by atoms with Gasteiger partial charge >= 0.3 is 0 Å². The summed E-state index contributed by atoms with van der Waals surface area (Å²) in [6.45, 7) is 5.71. The van der Waals surface area contributed by atoms with Crippen LogP contribution in [0.25, 0.3) is 17.2 Å². The molecule has 1 fully saturated rings. The third kappa shape index (κ3) is 4.13. The van der Waals surface area contributed by atoms with Gasteiger partial charge in [-0.05, 0) is 63.4 Å². The Bertz CT molecular complexity index is 1390. The Morgan fingerprint density at radius 3 is 2.88 bits per heavy atom. The molecule has 4 aromatic rings. The largest absolute Gasteiger partial charge is 0.310 e. The summed E-state index contributed by atoms with van der Waals surface area (Å²) in [5.74, 6) is -0.287. The van der Waals surface area contributed by atoms with Crippen molar-refractivity contribution in [1.82, 2.24) is 29.3 Å². The Balaban J connectivity index is 1.47. The van der Waals surface area contributed by atoms with Crippen molar-refractivity contribution in [1.29, 1.82) is 0 Å². The van der Waals surface area contributed by atoms with Crippen LogP contribution in [0.3, 0.4) is 0 Å². The lowest BCUT2D eigenvalue weighted by Crippen LogP contribution is -2.16. The molecule has 0 atom stereocenters. The Hall–Kier alpha value is -3.88. The number of anilines is 1. The fourth-order valence-electron chi connectivity index (χ4n) is 3.70. The van der Waals surface area contributed by atoms with E-state index in [9.17, 15) is 9.18 Å². The monoisotopic (exact) mass is 446 g/mol. The van der Waals surface area contributed by atoms with Gasteiger partial charge in [-0.1, -0.05) is 6.07 Å². The molecule has 1 saturated carbocycles. The minimum atomic E-state index is -0.762. The molecule has 0 spiro atoms. The van der Waals surface area contributed by atoms with Gasteiger partial charge in [0.25, 0.3) is 5.91 Å². The molecule has 3 aromatic heterocycles. The van der Waals surface area contributed by atoms with Crippen LogP contribution < -0.4 is 5.32 Å². The smallest absolute Gasteiger partial charge is 0.259 e. The molecule has 1 amide bonds. The first kappa shape index (κ1) is 19.8. The molecule has 0 aliphatic heterocycles. The zero-order valence-corrected chi connectivity index (χ0v) is 18.6. The van der Waals surface area contributed by atoms with Crippen LogP contribution in [-0.2, 0) is 0 Å².